The molecular formula is C14H18BrFN2O2. The van der Waals surface area contributed by atoms with Gasteiger partial charge in [0.05, 0.1) is 0 Å². The topological polar surface area (TPSA) is 43.8 Å². The summed E-state index contributed by atoms with van der Waals surface area (Å²) in [7, 11) is 0. The van der Waals surface area contributed by atoms with Gasteiger partial charge < -0.3 is 5.11 Å². The van der Waals surface area contributed by atoms with Gasteiger partial charge in [-0.05, 0) is 19.1 Å². The van der Waals surface area contributed by atoms with Crippen LogP contribution in [0.3, 0.4) is 0 Å². The van der Waals surface area contributed by atoms with E-state index in [1.807, 2.05) is 11.0 Å². The molecule has 1 heterocycles. The third kappa shape index (κ3) is 3.77. The summed E-state index contributed by atoms with van der Waals surface area (Å²) >= 11 is 3.24. The molecule has 0 spiro atoms. The second-order valence-electron chi connectivity index (χ2n) is 5.06. The van der Waals surface area contributed by atoms with Crippen LogP contribution in [0.25, 0.3) is 0 Å². The predicted molar refractivity (Wildman–Crippen MR) is 78.0 cm³/mol. The lowest BCUT2D eigenvalue weighted by atomic mass is 10.1. The van der Waals surface area contributed by atoms with Crippen molar-refractivity contribution < 1.29 is 14.3 Å². The van der Waals surface area contributed by atoms with Crippen LogP contribution in [0.4, 0.5) is 4.39 Å². The third-order valence-corrected chi connectivity index (χ3v) is 4.21. The van der Waals surface area contributed by atoms with Crippen molar-refractivity contribution in [2.24, 2.45) is 0 Å². The highest BCUT2D eigenvalue weighted by Crippen LogP contribution is 2.18. The number of aliphatic carboxylic acids is 1. The van der Waals surface area contributed by atoms with E-state index in [4.69, 9.17) is 5.11 Å². The van der Waals surface area contributed by atoms with Gasteiger partial charge in [0.15, 0.2) is 0 Å². The van der Waals surface area contributed by atoms with Crippen molar-refractivity contribution >= 4 is 21.9 Å². The fourth-order valence-corrected chi connectivity index (χ4v) is 2.69. The SMILES string of the molecule is CC(C(=O)O)N1CCN(Cc2ccc(Br)cc2F)CC1. The van der Waals surface area contributed by atoms with E-state index < -0.39 is 12.0 Å². The normalized spacial score (nSPS) is 18.9. The van der Waals surface area contributed by atoms with E-state index in [1.165, 1.54) is 6.07 Å². The second kappa shape index (κ2) is 6.65. The van der Waals surface area contributed by atoms with Crippen molar-refractivity contribution in [1.29, 1.82) is 0 Å². The van der Waals surface area contributed by atoms with Gasteiger partial charge in [-0.25, -0.2) is 4.39 Å². The molecule has 1 saturated heterocycles. The molecule has 0 radical (unpaired) electrons. The number of rotatable bonds is 4. The summed E-state index contributed by atoms with van der Waals surface area (Å²) in [5.41, 5.74) is 0.674. The molecule has 0 saturated carbocycles. The number of carbonyl (C=O) groups is 1. The van der Waals surface area contributed by atoms with E-state index in [1.54, 1.807) is 13.0 Å². The van der Waals surface area contributed by atoms with Crippen LogP contribution in [0.1, 0.15) is 12.5 Å². The number of hydrogen-bond donors (Lipinski definition) is 1. The first-order valence-electron chi connectivity index (χ1n) is 6.60. The maximum atomic E-state index is 13.8. The minimum absolute atomic E-state index is 0.208. The quantitative estimate of drug-likeness (QED) is 0.909. The first-order chi connectivity index (χ1) is 9.47. The van der Waals surface area contributed by atoms with Crippen LogP contribution in [-0.2, 0) is 11.3 Å². The summed E-state index contributed by atoms with van der Waals surface area (Å²) < 4.78 is 14.5. The molecule has 0 aromatic heterocycles. The molecule has 0 bridgehead atoms. The molecule has 0 aliphatic carbocycles. The highest BCUT2D eigenvalue weighted by molar-refractivity contribution is 9.10. The molecule has 2 rings (SSSR count). The number of hydrogen-bond acceptors (Lipinski definition) is 3. The maximum Gasteiger partial charge on any atom is 0.320 e. The number of nitrogens with zero attached hydrogens (tertiary/aromatic N) is 2. The fourth-order valence-electron chi connectivity index (χ4n) is 2.36. The van der Waals surface area contributed by atoms with E-state index in [9.17, 15) is 9.18 Å². The van der Waals surface area contributed by atoms with Gasteiger partial charge in [-0.3, -0.25) is 14.6 Å². The minimum Gasteiger partial charge on any atom is -0.480 e. The molecule has 1 unspecified atom stereocenters. The van der Waals surface area contributed by atoms with Gasteiger partial charge in [-0.2, -0.15) is 0 Å². The Balaban J connectivity index is 1.90. The Morgan fingerprint density at radius 1 is 1.40 bits per heavy atom. The van der Waals surface area contributed by atoms with Crippen LogP contribution in [0.2, 0.25) is 0 Å². The Morgan fingerprint density at radius 3 is 2.60 bits per heavy atom. The lowest BCUT2D eigenvalue weighted by Gasteiger charge is -2.36. The van der Waals surface area contributed by atoms with Crippen molar-refractivity contribution in [3.63, 3.8) is 0 Å². The van der Waals surface area contributed by atoms with Crippen LogP contribution < -0.4 is 0 Å². The van der Waals surface area contributed by atoms with Crippen molar-refractivity contribution in [1.82, 2.24) is 9.80 Å². The largest absolute Gasteiger partial charge is 0.480 e. The molecule has 1 aliphatic rings. The molecule has 110 valence electrons. The van der Waals surface area contributed by atoms with Crippen LogP contribution in [0.15, 0.2) is 22.7 Å². The third-order valence-electron chi connectivity index (χ3n) is 3.72. The van der Waals surface area contributed by atoms with Crippen molar-refractivity contribution in [3.05, 3.63) is 34.1 Å². The summed E-state index contributed by atoms with van der Waals surface area (Å²) in [6.45, 7) is 5.18. The Kier molecular flexibility index (Phi) is 5.12. The van der Waals surface area contributed by atoms with Gasteiger partial charge in [0.1, 0.15) is 11.9 Å². The number of carboxylic acids is 1. The maximum absolute atomic E-state index is 13.8. The highest BCUT2D eigenvalue weighted by atomic mass is 79.9. The summed E-state index contributed by atoms with van der Waals surface area (Å²) in [6.07, 6.45) is 0. The van der Waals surface area contributed by atoms with Crippen molar-refractivity contribution in [2.45, 2.75) is 19.5 Å². The molecule has 0 amide bonds. The lowest BCUT2D eigenvalue weighted by Crippen LogP contribution is -2.51. The summed E-state index contributed by atoms with van der Waals surface area (Å²) in [4.78, 5) is 15.0. The molecule has 1 N–H and O–H groups in total. The molecule has 6 heteroatoms. The van der Waals surface area contributed by atoms with Gasteiger partial charge in [0.25, 0.3) is 0 Å². The number of piperazine rings is 1. The molecule has 1 atom stereocenters. The van der Waals surface area contributed by atoms with Gasteiger partial charge in [0, 0.05) is 42.8 Å². The van der Waals surface area contributed by atoms with E-state index in [2.05, 4.69) is 20.8 Å². The van der Waals surface area contributed by atoms with Crippen molar-refractivity contribution in [3.8, 4) is 0 Å². The number of benzene rings is 1. The Labute approximate surface area is 126 Å². The van der Waals surface area contributed by atoms with Crippen LogP contribution in [0, 0.1) is 5.82 Å². The monoisotopic (exact) mass is 344 g/mol. The number of carboxylic acid groups (broad SMARTS) is 1. The molecule has 1 aromatic rings. The van der Waals surface area contributed by atoms with Gasteiger partial charge in [0.2, 0.25) is 0 Å². The summed E-state index contributed by atoms with van der Waals surface area (Å²) in [6, 6.07) is 4.63. The fraction of sp³-hybridized carbons (Fsp3) is 0.500. The van der Waals surface area contributed by atoms with Crippen LogP contribution in [0.5, 0.6) is 0 Å². The average molecular weight is 345 g/mol. The van der Waals surface area contributed by atoms with Crippen LogP contribution in [-0.4, -0.2) is 53.1 Å². The Bertz CT molecular complexity index is 490. The predicted octanol–water partition coefficient (Wildman–Crippen LogP) is 2.18. The molecule has 1 fully saturated rings. The van der Waals surface area contributed by atoms with Gasteiger partial charge in [-0.1, -0.05) is 22.0 Å². The first kappa shape index (κ1) is 15.4. The van der Waals surface area contributed by atoms with Gasteiger partial charge in [-0.15, -0.1) is 0 Å². The molecule has 4 nitrogen and oxygen atoms in total. The summed E-state index contributed by atoms with van der Waals surface area (Å²) in [5.74, 6) is -1.00. The van der Waals surface area contributed by atoms with E-state index in [0.29, 0.717) is 25.2 Å². The zero-order valence-electron chi connectivity index (χ0n) is 11.4. The smallest absolute Gasteiger partial charge is 0.320 e. The van der Waals surface area contributed by atoms with Crippen molar-refractivity contribution in [2.75, 3.05) is 26.2 Å². The zero-order valence-corrected chi connectivity index (χ0v) is 12.9. The minimum atomic E-state index is -0.794. The molecular weight excluding hydrogens is 327 g/mol. The zero-order chi connectivity index (χ0) is 14.7. The number of halogens is 2. The highest BCUT2D eigenvalue weighted by Gasteiger charge is 2.25. The van der Waals surface area contributed by atoms with Gasteiger partial charge >= 0.3 is 5.97 Å². The van der Waals surface area contributed by atoms with E-state index in [-0.39, 0.29) is 5.82 Å². The second-order valence-corrected chi connectivity index (χ2v) is 5.98. The van der Waals surface area contributed by atoms with E-state index >= 15 is 0 Å². The van der Waals surface area contributed by atoms with E-state index in [0.717, 1.165) is 17.6 Å². The molecule has 20 heavy (non-hydrogen) atoms. The summed E-state index contributed by atoms with van der Waals surface area (Å²) in [5, 5.41) is 8.99. The Morgan fingerprint density at radius 2 is 2.05 bits per heavy atom. The lowest BCUT2D eigenvalue weighted by molar-refractivity contribution is -0.143. The molecule has 1 aliphatic heterocycles. The Hall–Kier alpha value is -0.980. The standard InChI is InChI=1S/C14H18BrFN2O2/c1-10(14(19)20)18-6-4-17(5-7-18)9-11-2-3-12(15)8-13(11)16/h2-3,8,10H,4-7,9H2,1H3,(H,19,20). The van der Waals surface area contributed by atoms with Crippen LogP contribution >= 0.6 is 15.9 Å². The average Bonchev–Trinajstić information content (AvgIpc) is 2.42. The first-order valence-corrected chi connectivity index (χ1v) is 7.40. The molecule has 1 aromatic carbocycles.